The van der Waals surface area contributed by atoms with E-state index in [9.17, 15) is 0 Å². The lowest BCUT2D eigenvalue weighted by Gasteiger charge is -2.24. The summed E-state index contributed by atoms with van der Waals surface area (Å²) in [6.45, 7) is 2.56. The van der Waals surface area contributed by atoms with Gasteiger partial charge in [-0.1, -0.05) is 12.8 Å². The lowest BCUT2D eigenvalue weighted by Crippen LogP contribution is -2.31. The summed E-state index contributed by atoms with van der Waals surface area (Å²) in [7, 11) is 2.32. The molecule has 2 aliphatic rings. The Kier molecular flexibility index (Phi) is 4.45. The maximum absolute atomic E-state index is 3.58. The van der Waals surface area contributed by atoms with E-state index in [1.165, 1.54) is 64.5 Å². The molecule has 0 aromatic heterocycles. The molecule has 0 radical (unpaired) electrons. The van der Waals surface area contributed by atoms with Crippen LogP contribution in [0.4, 0.5) is 0 Å². The third-order valence-corrected chi connectivity index (χ3v) is 4.17. The number of nitrogens with zero attached hydrogens (tertiary/aromatic N) is 1. The van der Waals surface area contributed by atoms with Gasteiger partial charge in [-0.25, -0.2) is 0 Å². The molecule has 2 heteroatoms. The largest absolute Gasteiger partial charge is 0.314 e. The van der Waals surface area contributed by atoms with Gasteiger partial charge in [0.1, 0.15) is 0 Å². The van der Waals surface area contributed by atoms with Crippen molar-refractivity contribution in [1.29, 1.82) is 0 Å². The topological polar surface area (TPSA) is 15.3 Å². The summed E-state index contributed by atoms with van der Waals surface area (Å²) in [4.78, 5) is 2.60. The molecule has 1 aliphatic carbocycles. The van der Waals surface area contributed by atoms with Gasteiger partial charge >= 0.3 is 0 Å². The normalized spacial score (nSPS) is 28.0. The zero-order valence-corrected chi connectivity index (χ0v) is 10.2. The SMILES string of the molecule is CN(CCCC1CCCN1)C1CCCC1. The van der Waals surface area contributed by atoms with Crippen LogP contribution in [0.3, 0.4) is 0 Å². The minimum Gasteiger partial charge on any atom is -0.314 e. The van der Waals surface area contributed by atoms with E-state index < -0.39 is 0 Å². The second-order valence-corrected chi connectivity index (χ2v) is 5.35. The maximum atomic E-state index is 3.58. The van der Waals surface area contributed by atoms with Crippen LogP contribution in [0.25, 0.3) is 0 Å². The van der Waals surface area contributed by atoms with Gasteiger partial charge in [0.15, 0.2) is 0 Å². The second kappa shape index (κ2) is 5.86. The van der Waals surface area contributed by atoms with E-state index in [2.05, 4.69) is 17.3 Å². The molecule has 2 rings (SSSR count). The van der Waals surface area contributed by atoms with Crippen molar-refractivity contribution in [3.63, 3.8) is 0 Å². The fraction of sp³-hybridized carbons (Fsp3) is 1.00. The van der Waals surface area contributed by atoms with Gasteiger partial charge in [0.2, 0.25) is 0 Å². The number of nitrogens with one attached hydrogen (secondary N) is 1. The molecule has 0 aromatic carbocycles. The third kappa shape index (κ3) is 3.46. The molecule has 88 valence electrons. The van der Waals surface area contributed by atoms with E-state index in [-0.39, 0.29) is 0 Å². The maximum Gasteiger partial charge on any atom is 0.00922 e. The lowest BCUT2D eigenvalue weighted by molar-refractivity contribution is 0.238. The Labute approximate surface area is 94.4 Å². The highest BCUT2D eigenvalue weighted by Gasteiger charge is 2.19. The number of hydrogen-bond acceptors (Lipinski definition) is 2. The van der Waals surface area contributed by atoms with Gasteiger partial charge < -0.3 is 10.2 Å². The van der Waals surface area contributed by atoms with Crippen LogP contribution < -0.4 is 5.32 Å². The first-order chi connectivity index (χ1) is 7.36. The van der Waals surface area contributed by atoms with E-state index in [0.29, 0.717) is 0 Å². The van der Waals surface area contributed by atoms with Crippen molar-refractivity contribution >= 4 is 0 Å². The number of rotatable bonds is 5. The molecular weight excluding hydrogens is 184 g/mol. The molecular formula is C13H26N2. The molecule has 1 atom stereocenters. The first-order valence-electron chi connectivity index (χ1n) is 6.80. The Morgan fingerprint density at radius 3 is 2.60 bits per heavy atom. The predicted octanol–water partition coefficient (Wildman–Crippen LogP) is 2.39. The Morgan fingerprint density at radius 1 is 1.13 bits per heavy atom. The highest BCUT2D eigenvalue weighted by molar-refractivity contribution is 4.77. The molecule has 1 saturated carbocycles. The van der Waals surface area contributed by atoms with Crippen LogP contribution in [0.15, 0.2) is 0 Å². The van der Waals surface area contributed by atoms with Crippen LogP contribution in [0.1, 0.15) is 51.4 Å². The summed E-state index contributed by atoms with van der Waals surface area (Å²) >= 11 is 0. The molecule has 0 aromatic rings. The first-order valence-corrected chi connectivity index (χ1v) is 6.80. The van der Waals surface area contributed by atoms with E-state index in [4.69, 9.17) is 0 Å². The summed E-state index contributed by atoms with van der Waals surface area (Å²) in [6.07, 6.45) is 11.4. The third-order valence-electron chi connectivity index (χ3n) is 4.17. The van der Waals surface area contributed by atoms with Crippen molar-refractivity contribution in [3.05, 3.63) is 0 Å². The smallest absolute Gasteiger partial charge is 0.00922 e. The van der Waals surface area contributed by atoms with Gasteiger partial charge in [-0.15, -0.1) is 0 Å². The second-order valence-electron chi connectivity index (χ2n) is 5.35. The van der Waals surface area contributed by atoms with E-state index in [1.807, 2.05) is 0 Å². The van der Waals surface area contributed by atoms with Crippen molar-refractivity contribution in [1.82, 2.24) is 10.2 Å². The Morgan fingerprint density at radius 2 is 1.93 bits per heavy atom. The molecule has 2 nitrogen and oxygen atoms in total. The van der Waals surface area contributed by atoms with Gasteiger partial charge in [-0.2, -0.15) is 0 Å². The van der Waals surface area contributed by atoms with Gasteiger partial charge in [0.05, 0.1) is 0 Å². The standard InChI is InChI=1S/C13H26N2/c1-15(13-8-2-3-9-13)11-5-7-12-6-4-10-14-12/h12-14H,2-11H2,1H3. The molecule has 1 aliphatic heterocycles. The van der Waals surface area contributed by atoms with Crippen molar-refractivity contribution < 1.29 is 0 Å². The van der Waals surface area contributed by atoms with Gasteiger partial charge in [-0.3, -0.25) is 0 Å². The molecule has 0 amide bonds. The molecule has 1 heterocycles. The van der Waals surface area contributed by atoms with Gasteiger partial charge in [0.25, 0.3) is 0 Å². The fourth-order valence-electron chi connectivity index (χ4n) is 3.12. The summed E-state index contributed by atoms with van der Waals surface area (Å²) in [6, 6.07) is 1.74. The molecule has 15 heavy (non-hydrogen) atoms. The summed E-state index contributed by atoms with van der Waals surface area (Å²) in [5, 5.41) is 3.58. The zero-order chi connectivity index (χ0) is 10.5. The van der Waals surface area contributed by atoms with Crippen molar-refractivity contribution in [2.24, 2.45) is 0 Å². The molecule has 0 spiro atoms. The Bertz CT molecular complexity index is 169. The van der Waals surface area contributed by atoms with E-state index in [0.717, 1.165) is 12.1 Å². The fourth-order valence-corrected chi connectivity index (χ4v) is 3.12. The van der Waals surface area contributed by atoms with Crippen LogP contribution in [0.5, 0.6) is 0 Å². The van der Waals surface area contributed by atoms with Crippen molar-refractivity contribution in [2.75, 3.05) is 20.1 Å². The average Bonchev–Trinajstić information content (AvgIpc) is 2.90. The van der Waals surface area contributed by atoms with E-state index in [1.54, 1.807) is 0 Å². The molecule has 1 N–H and O–H groups in total. The van der Waals surface area contributed by atoms with Crippen LogP contribution in [-0.4, -0.2) is 37.1 Å². The lowest BCUT2D eigenvalue weighted by atomic mass is 10.1. The van der Waals surface area contributed by atoms with Crippen LogP contribution >= 0.6 is 0 Å². The molecule has 0 bridgehead atoms. The number of hydrogen-bond donors (Lipinski definition) is 1. The van der Waals surface area contributed by atoms with Crippen molar-refractivity contribution in [2.45, 2.75) is 63.5 Å². The highest BCUT2D eigenvalue weighted by atomic mass is 15.1. The Hall–Kier alpha value is -0.0800. The highest BCUT2D eigenvalue weighted by Crippen LogP contribution is 2.22. The summed E-state index contributed by atoms with van der Waals surface area (Å²) in [5.74, 6) is 0. The van der Waals surface area contributed by atoms with Gasteiger partial charge in [0, 0.05) is 12.1 Å². The van der Waals surface area contributed by atoms with E-state index >= 15 is 0 Å². The van der Waals surface area contributed by atoms with Crippen LogP contribution in [-0.2, 0) is 0 Å². The zero-order valence-electron chi connectivity index (χ0n) is 10.2. The minimum atomic E-state index is 0.835. The Balaban J connectivity index is 1.56. The first kappa shape index (κ1) is 11.4. The summed E-state index contributed by atoms with van der Waals surface area (Å²) in [5.41, 5.74) is 0. The monoisotopic (exact) mass is 210 g/mol. The quantitative estimate of drug-likeness (QED) is 0.749. The average molecular weight is 210 g/mol. The molecule has 1 unspecified atom stereocenters. The molecule has 2 fully saturated rings. The van der Waals surface area contributed by atoms with Gasteiger partial charge in [-0.05, 0) is 58.7 Å². The van der Waals surface area contributed by atoms with Crippen LogP contribution in [0, 0.1) is 0 Å². The minimum absolute atomic E-state index is 0.835. The van der Waals surface area contributed by atoms with Crippen LogP contribution in [0.2, 0.25) is 0 Å². The summed E-state index contributed by atoms with van der Waals surface area (Å²) < 4.78 is 0. The molecule has 1 saturated heterocycles. The van der Waals surface area contributed by atoms with Crippen molar-refractivity contribution in [3.8, 4) is 0 Å². The predicted molar refractivity (Wildman–Crippen MR) is 65.1 cm³/mol.